The van der Waals surface area contributed by atoms with E-state index in [4.69, 9.17) is 9.47 Å². The molecule has 6 nitrogen and oxygen atoms in total. The van der Waals surface area contributed by atoms with Crippen LogP contribution in [0.1, 0.15) is 12.5 Å². The van der Waals surface area contributed by atoms with Crippen molar-refractivity contribution in [1.29, 1.82) is 0 Å². The van der Waals surface area contributed by atoms with E-state index in [0.717, 1.165) is 0 Å². The summed E-state index contributed by atoms with van der Waals surface area (Å²) >= 11 is 0. The maximum absolute atomic E-state index is 12.0. The van der Waals surface area contributed by atoms with E-state index in [0.29, 0.717) is 29.4 Å². The van der Waals surface area contributed by atoms with Crippen LogP contribution in [0.4, 0.5) is 0 Å². The number of para-hydroxylation sites is 2. The fourth-order valence-electron chi connectivity index (χ4n) is 2.44. The molecule has 126 valence electrons. The minimum Gasteiger partial charge on any atom is -0.493 e. The zero-order valence-electron chi connectivity index (χ0n) is 13.4. The van der Waals surface area contributed by atoms with Crippen molar-refractivity contribution in [2.24, 2.45) is 4.99 Å². The van der Waals surface area contributed by atoms with Crippen LogP contribution in [0.25, 0.3) is 0 Å². The lowest BCUT2D eigenvalue weighted by atomic mass is 10.2. The van der Waals surface area contributed by atoms with E-state index in [1.165, 1.54) is 0 Å². The zero-order valence-corrected chi connectivity index (χ0v) is 14.2. The highest BCUT2D eigenvalue weighted by Gasteiger charge is 2.30. The molecule has 7 heteroatoms. The quantitative estimate of drug-likeness (QED) is 0.900. The average molecular weight is 346 g/mol. The Morgan fingerprint density at radius 3 is 2.50 bits per heavy atom. The minimum absolute atomic E-state index is 0.244. The van der Waals surface area contributed by atoms with Gasteiger partial charge in [-0.05, 0) is 31.2 Å². The summed E-state index contributed by atoms with van der Waals surface area (Å²) in [7, 11) is -1.93. The van der Waals surface area contributed by atoms with Crippen molar-refractivity contribution in [3.63, 3.8) is 0 Å². The molecule has 1 unspecified atom stereocenters. The maximum Gasteiger partial charge on any atom is 0.263 e. The van der Waals surface area contributed by atoms with Crippen LogP contribution in [-0.2, 0) is 10.0 Å². The molecule has 0 aromatic heterocycles. The van der Waals surface area contributed by atoms with Gasteiger partial charge in [0, 0.05) is 5.56 Å². The third-order valence-electron chi connectivity index (χ3n) is 3.57. The summed E-state index contributed by atoms with van der Waals surface area (Å²) < 4.78 is 37.6. The van der Waals surface area contributed by atoms with Gasteiger partial charge < -0.3 is 9.47 Å². The molecule has 0 radical (unpaired) electrons. The smallest absolute Gasteiger partial charge is 0.263 e. The van der Waals surface area contributed by atoms with E-state index in [9.17, 15) is 8.42 Å². The van der Waals surface area contributed by atoms with Gasteiger partial charge in [0.25, 0.3) is 10.0 Å². The normalized spacial score (nSPS) is 17.8. The molecule has 1 N–H and O–H groups in total. The standard InChI is InChI=1S/C17H18N2O4S/c1-12(23-15-9-5-4-8-14(15)22-2)11-18-17-13-7-3-6-10-16(13)24(20,21)19-17/h3-10,12H,11H2,1-2H3,(H,18,19). The van der Waals surface area contributed by atoms with Crippen molar-refractivity contribution in [2.45, 2.75) is 17.9 Å². The summed E-state index contributed by atoms with van der Waals surface area (Å²) in [5.41, 5.74) is 0.585. The number of rotatable bonds is 5. The van der Waals surface area contributed by atoms with Gasteiger partial charge in [0.1, 0.15) is 11.9 Å². The molecule has 0 bridgehead atoms. The van der Waals surface area contributed by atoms with Gasteiger partial charge in [-0.2, -0.15) is 0 Å². The topological polar surface area (TPSA) is 77.0 Å². The number of fused-ring (bicyclic) bond motifs is 1. The van der Waals surface area contributed by atoms with Crippen LogP contribution < -0.4 is 14.2 Å². The highest BCUT2D eigenvalue weighted by atomic mass is 32.2. The highest BCUT2D eigenvalue weighted by Crippen LogP contribution is 2.27. The van der Waals surface area contributed by atoms with Gasteiger partial charge in [0.05, 0.1) is 18.6 Å². The van der Waals surface area contributed by atoms with E-state index < -0.39 is 10.0 Å². The Kier molecular flexibility index (Phi) is 4.44. The molecule has 0 saturated heterocycles. The number of aliphatic imine (C=N–C) groups is 1. The molecule has 1 aliphatic heterocycles. The van der Waals surface area contributed by atoms with Crippen LogP contribution in [-0.4, -0.2) is 34.0 Å². The number of hydrogen-bond acceptors (Lipinski definition) is 5. The second kappa shape index (κ2) is 6.52. The Morgan fingerprint density at radius 1 is 1.08 bits per heavy atom. The van der Waals surface area contributed by atoms with Crippen LogP contribution in [0.5, 0.6) is 11.5 Å². The van der Waals surface area contributed by atoms with E-state index in [1.54, 1.807) is 31.4 Å². The number of ether oxygens (including phenoxy) is 2. The van der Waals surface area contributed by atoms with E-state index >= 15 is 0 Å². The van der Waals surface area contributed by atoms with Crippen molar-refractivity contribution >= 4 is 15.9 Å². The highest BCUT2D eigenvalue weighted by molar-refractivity contribution is 7.90. The molecule has 0 fully saturated rings. The molecule has 1 heterocycles. The number of amidine groups is 1. The van der Waals surface area contributed by atoms with Crippen molar-refractivity contribution in [1.82, 2.24) is 4.72 Å². The minimum atomic E-state index is -3.51. The van der Waals surface area contributed by atoms with Crippen LogP contribution in [0.15, 0.2) is 58.4 Å². The lowest BCUT2D eigenvalue weighted by Crippen LogP contribution is -2.24. The molecule has 1 aliphatic rings. The number of hydrogen-bond donors (Lipinski definition) is 1. The van der Waals surface area contributed by atoms with Gasteiger partial charge in [0.2, 0.25) is 0 Å². The fraction of sp³-hybridized carbons (Fsp3) is 0.235. The van der Waals surface area contributed by atoms with Gasteiger partial charge in [-0.1, -0.05) is 24.3 Å². The molecule has 0 spiro atoms. The van der Waals surface area contributed by atoms with Crippen molar-refractivity contribution in [3.8, 4) is 11.5 Å². The first-order valence-electron chi connectivity index (χ1n) is 7.47. The van der Waals surface area contributed by atoms with Gasteiger partial charge in [-0.25, -0.2) is 8.42 Å². The molecule has 0 aliphatic carbocycles. The van der Waals surface area contributed by atoms with E-state index in [2.05, 4.69) is 9.71 Å². The summed E-state index contributed by atoms with van der Waals surface area (Å²) in [4.78, 5) is 4.62. The molecule has 0 amide bonds. The first-order chi connectivity index (χ1) is 11.5. The molecule has 2 aromatic carbocycles. The summed E-state index contributed by atoms with van der Waals surface area (Å²) in [5, 5.41) is 0. The second-order valence-corrected chi connectivity index (χ2v) is 7.02. The number of benzene rings is 2. The molecule has 24 heavy (non-hydrogen) atoms. The van der Waals surface area contributed by atoms with Crippen LogP contribution in [0.2, 0.25) is 0 Å². The number of methoxy groups -OCH3 is 1. The summed E-state index contributed by atoms with van der Waals surface area (Å²) in [6, 6.07) is 14.1. The summed E-state index contributed by atoms with van der Waals surface area (Å²) in [6.07, 6.45) is -0.244. The fourth-order valence-corrected chi connectivity index (χ4v) is 3.69. The predicted molar refractivity (Wildman–Crippen MR) is 91.3 cm³/mol. The van der Waals surface area contributed by atoms with Crippen LogP contribution >= 0.6 is 0 Å². The number of nitrogens with zero attached hydrogens (tertiary/aromatic N) is 1. The lowest BCUT2D eigenvalue weighted by Gasteiger charge is -2.15. The van der Waals surface area contributed by atoms with Crippen molar-refractivity contribution < 1.29 is 17.9 Å². The number of sulfonamides is 1. The van der Waals surface area contributed by atoms with Gasteiger partial charge >= 0.3 is 0 Å². The Morgan fingerprint density at radius 2 is 1.75 bits per heavy atom. The molecule has 2 aromatic rings. The van der Waals surface area contributed by atoms with Crippen LogP contribution in [0, 0.1) is 0 Å². The Balaban J connectivity index is 1.75. The first kappa shape index (κ1) is 16.3. The molecule has 1 atom stereocenters. The van der Waals surface area contributed by atoms with E-state index in [1.807, 2.05) is 31.2 Å². The SMILES string of the molecule is COc1ccccc1OC(C)CN=C1NS(=O)(=O)c2ccccc21. The Bertz CT molecular complexity index is 878. The molecule has 3 rings (SSSR count). The van der Waals surface area contributed by atoms with Crippen LogP contribution in [0.3, 0.4) is 0 Å². The Labute approximate surface area is 141 Å². The largest absolute Gasteiger partial charge is 0.493 e. The summed E-state index contributed by atoms with van der Waals surface area (Å²) in [5.74, 6) is 1.62. The Hall–Kier alpha value is -2.54. The molecule has 0 saturated carbocycles. The predicted octanol–water partition coefficient (Wildman–Crippen LogP) is 2.20. The second-order valence-electron chi connectivity index (χ2n) is 5.37. The third-order valence-corrected chi connectivity index (χ3v) is 4.96. The number of nitrogens with one attached hydrogen (secondary N) is 1. The summed E-state index contributed by atoms with van der Waals surface area (Å²) in [6.45, 7) is 2.18. The van der Waals surface area contributed by atoms with Gasteiger partial charge in [-0.15, -0.1) is 0 Å². The monoisotopic (exact) mass is 346 g/mol. The maximum atomic E-state index is 12.0. The third kappa shape index (κ3) is 3.21. The zero-order chi connectivity index (χ0) is 17.2. The van der Waals surface area contributed by atoms with E-state index in [-0.39, 0.29) is 11.0 Å². The van der Waals surface area contributed by atoms with Crippen molar-refractivity contribution in [3.05, 3.63) is 54.1 Å². The lowest BCUT2D eigenvalue weighted by molar-refractivity contribution is 0.219. The van der Waals surface area contributed by atoms with Crippen molar-refractivity contribution in [2.75, 3.05) is 13.7 Å². The molecular weight excluding hydrogens is 328 g/mol. The van der Waals surface area contributed by atoms with Gasteiger partial charge in [0.15, 0.2) is 11.5 Å². The first-order valence-corrected chi connectivity index (χ1v) is 8.96. The van der Waals surface area contributed by atoms with Gasteiger partial charge in [-0.3, -0.25) is 9.71 Å². The molecular formula is C17H18N2O4S. The average Bonchev–Trinajstić information content (AvgIpc) is 2.85.